The van der Waals surface area contributed by atoms with Gasteiger partial charge in [-0.15, -0.1) is 0 Å². The Kier molecular flexibility index (Phi) is 4.97. The number of halogens is 2. The van der Waals surface area contributed by atoms with E-state index in [-0.39, 0.29) is 12.1 Å². The Balaban J connectivity index is 1.69. The van der Waals surface area contributed by atoms with Crippen LogP contribution in [0.3, 0.4) is 0 Å². The van der Waals surface area contributed by atoms with Gasteiger partial charge in [0.2, 0.25) is 0 Å². The average Bonchev–Trinajstić information content (AvgIpc) is 3.17. The fraction of sp³-hybridized carbons (Fsp3) is 0.0588. The molecule has 0 saturated heterocycles. The molecule has 9 heteroatoms. The number of hydrogen-bond donors (Lipinski definition) is 3. The zero-order chi connectivity index (χ0) is 18.5. The summed E-state index contributed by atoms with van der Waals surface area (Å²) in [5, 5.41) is 12.9. The van der Waals surface area contributed by atoms with Crippen molar-refractivity contribution in [3.05, 3.63) is 72.1 Å². The molecule has 0 bridgehead atoms. The summed E-state index contributed by atoms with van der Waals surface area (Å²) in [5.74, 6) is -1.32. The van der Waals surface area contributed by atoms with E-state index in [1.807, 2.05) is 0 Å². The number of urea groups is 1. The molecule has 3 rings (SSSR count). The van der Waals surface area contributed by atoms with Gasteiger partial charge in [-0.1, -0.05) is 17.4 Å². The van der Waals surface area contributed by atoms with Gasteiger partial charge in [0.05, 0.1) is 12.7 Å². The second-order valence-electron chi connectivity index (χ2n) is 5.39. The molecule has 3 N–H and O–H groups in total. The fourth-order valence-corrected chi connectivity index (χ4v) is 2.32. The van der Waals surface area contributed by atoms with Gasteiger partial charge in [0.1, 0.15) is 11.6 Å². The highest BCUT2D eigenvalue weighted by Crippen LogP contribution is 2.20. The first-order valence-electron chi connectivity index (χ1n) is 7.56. The first-order valence-corrected chi connectivity index (χ1v) is 7.56. The van der Waals surface area contributed by atoms with Crippen LogP contribution in [0.5, 0.6) is 0 Å². The fourth-order valence-electron chi connectivity index (χ4n) is 2.32. The number of rotatable bonds is 5. The lowest BCUT2D eigenvalue weighted by atomic mass is 10.1. The highest BCUT2D eigenvalue weighted by molar-refractivity contribution is 5.89. The quantitative estimate of drug-likeness (QED) is 0.468. The Morgan fingerprint density at radius 3 is 2.62 bits per heavy atom. The predicted molar refractivity (Wildman–Crippen MR) is 90.1 cm³/mol. The van der Waals surface area contributed by atoms with Crippen molar-refractivity contribution in [2.75, 3.05) is 5.32 Å². The summed E-state index contributed by atoms with van der Waals surface area (Å²) < 4.78 is 26.9. The van der Waals surface area contributed by atoms with Crippen LogP contribution in [-0.2, 0) is 6.54 Å². The Hall–Kier alpha value is -3.62. The smallest absolute Gasteiger partial charge is 0.306 e. The third-order valence-electron chi connectivity index (χ3n) is 3.65. The highest BCUT2D eigenvalue weighted by atomic mass is 19.1. The van der Waals surface area contributed by atoms with Crippen molar-refractivity contribution in [3.63, 3.8) is 0 Å². The van der Waals surface area contributed by atoms with Gasteiger partial charge >= 0.3 is 6.03 Å². The van der Waals surface area contributed by atoms with Crippen LogP contribution in [0.1, 0.15) is 5.56 Å². The van der Waals surface area contributed by atoms with Gasteiger partial charge in [0.15, 0.2) is 0 Å². The molecule has 0 aliphatic carbocycles. The minimum Gasteiger partial charge on any atom is -0.306 e. The predicted octanol–water partition coefficient (Wildman–Crippen LogP) is 4.33. The monoisotopic (exact) mass is 356 g/mol. The second-order valence-corrected chi connectivity index (χ2v) is 5.39. The topological polar surface area (TPSA) is 97.2 Å². The van der Waals surface area contributed by atoms with Crippen molar-refractivity contribution < 1.29 is 13.6 Å². The van der Waals surface area contributed by atoms with Crippen LogP contribution < -0.4 is 5.32 Å². The molecule has 2 aromatic carbocycles. The third-order valence-corrected chi connectivity index (χ3v) is 3.65. The van der Waals surface area contributed by atoms with Crippen LogP contribution in [0, 0.1) is 17.2 Å². The Morgan fingerprint density at radius 1 is 1.19 bits per heavy atom. The van der Waals surface area contributed by atoms with Gasteiger partial charge in [0.25, 0.3) is 0 Å². The molecular weight excluding hydrogens is 342 g/mol. The van der Waals surface area contributed by atoms with E-state index in [0.29, 0.717) is 10.7 Å². The molecule has 1 aromatic heterocycles. The van der Waals surface area contributed by atoms with Crippen molar-refractivity contribution in [3.8, 4) is 11.1 Å². The lowest BCUT2D eigenvalue weighted by Crippen LogP contribution is -2.30. The molecule has 0 radical (unpaired) electrons. The summed E-state index contributed by atoms with van der Waals surface area (Å²) in [6.07, 6.45) is 3.41. The maximum Gasteiger partial charge on any atom is 0.343 e. The largest absolute Gasteiger partial charge is 0.343 e. The van der Waals surface area contributed by atoms with E-state index in [1.165, 1.54) is 0 Å². The maximum absolute atomic E-state index is 13.7. The number of carbonyl (C=O) groups is 1. The van der Waals surface area contributed by atoms with E-state index in [4.69, 9.17) is 5.53 Å². The second kappa shape index (κ2) is 7.51. The minimum absolute atomic E-state index is 0.0774. The third kappa shape index (κ3) is 3.89. The maximum atomic E-state index is 13.7. The zero-order valence-electron chi connectivity index (χ0n) is 13.4. The van der Waals surface area contributed by atoms with E-state index in [0.717, 1.165) is 29.3 Å². The summed E-state index contributed by atoms with van der Waals surface area (Å²) >= 11 is 0. The van der Waals surface area contributed by atoms with Crippen molar-refractivity contribution in [1.29, 1.82) is 5.53 Å². The first kappa shape index (κ1) is 17.2. The lowest BCUT2D eigenvalue weighted by molar-refractivity contribution is 0.204. The Bertz CT molecular complexity index is 912. The minimum atomic E-state index is -0.736. The van der Waals surface area contributed by atoms with Crippen LogP contribution in [0.25, 0.3) is 11.1 Å². The number of anilines is 1. The number of amides is 2. The number of nitrogens with zero attached hydrogens (tertiary/aromatic N) is 3. The zero-order valence-corrected chi connectivity index (χ0v) is 13.4. The van der Waals surface area contributed by atoms with Crippen LogP contribution in [0.2, 0.25) is 0 Å². The summed E-state index contributed by atoms with van der Waals surface area (Å²) in [7, 11) is 0. The van der Waals surface area contributed by atoms with Gasteiger partial charge < -0.3 is 5.32 Å². The molecule has 2 amide bonds. The van der Waals surface area contributed by atoms with Gasteiger partial charge in [-0.05, 0) is 35.9 Å². The summed E-state index contributed by atoms with van der Waals surface area (Å²) in [5.41, 5.74) is 9.31. The van der Waals surface area contributed by atoms with Crippen LogP contribution in [-0.4, -0.2) is 21.2 Å². The van der Waals surface area contributed by atoms with Crippen LogP contribution in [0.4, 0.5) is 19.3 Å². The number of carbonyl (C=O) groups excluding carboxylic acids is 1. The van der Waals surface area contributed by atoms with E-state index in [9.17, 15) is 13.6 Å². The number of hydrogen-bond acceptors (Lipinski definition) is 4. The van der Waals surface area contributed by atoms with E-state index < -0.39 is 17.7 Å². The van der Waals surface area contributed by atoms with E-state index in [1.54, 1.807) is 36.7 Å². The molecule has 0 aliphatic rings. The molecule has 7 nitrogen and oxygen atoms in total. The molecule has 1 heterocycles. The number of nitrogens with one attached hydrogen (secondary N) is 3. The Morgan fingerprint density at radius 2 is 1.96 bits per heavy atom. The van der Waals surface area contributed by atoms with E-state index >= 15 is 0 Å². The summed E-state index contributed by atoms with van der Waals surface area (Å²) in [4.78, 5) is 12.2. The SMILES string of the molecule is N=NN(Cc1cc(F)ccc1F)C(=O)Nc1ccc(-c2cn[nH]c2)cc1. The number of benzene rings is 2. The molecule has 0 aliphatic heterocycles. The van der Waals surface area contributed by atoms with Gasteiger partial charge in [0, 0.05) is 23.0 Å². The molecule has 0 unspecified atom stereocenters. The molecule has 0 saturated carbocycles. The van der Waals surface area contributed by atoms with Crippen molar-refractivity contribution in [2.45, 2.75) is 6.54 Å². The highest BCUT2D eigenvalue weighted by Gasteiger charge is 2.16. The molecule has 3 aromatic rings. The standard InChI is InChI=1S/C17H14F2N6O/c18-14-3-6-16(19)12(7-14)10-25(24-20)17(26)23-15-4-1-11(2-5-15)13-8-21-22-9-13/h1-9,20H,10H2,(H,21,22)(H,23,26). The number of aromatic amines is 1. The van der Waals surface area contributed by atoms with Crippen LogP contribution in [0.15, 0.2) is 60.1 Å². The van der Waals surface area contributed by atoms with Crippen molar-refractivity contribution >= 4 is 11.7 Å². The van der Waals surface area contributed by atoms with E-state index in [2.05, 4.69) is 20.7 Å². The summed E-state index contributed by atoms with van der Waals surface area (Å²) in [6.45, 7) is -0.369. The van der Waals surface area contributed by atoms with Crippen LogP contribution >= 0.6 is 0 Å². The molecule has 0 fully saturated rings. The Labute approximate surface area is 147 Å². The average molecular weight is 356 g/mol. The number of aromatic nitrogens is 2. The van der Waals surface area contributed by atoms with Gasteiger partial charge in [-0.25, -0.2) is 13.6 Å². The van der Waals surface area contributed by atoms with Gasteiger partial charge in [-0.3, -0.25) is 5.10 Å². The molecular formula is C17H14F2N6O. The molecule has 0 atom stereocenters. The normalized spacial score (nSPS) is 10.4. The van der Waals surface area contributed by atoms with Gasteiger partial charge in [-0.2, -0.15) is 15.6 Å². The van der Waals surface area contributed by atoms with Crippen molar-refractivity contribution in [2.24, 2.45) is 5.22 Å². The molecule has 26 heavy (non-hydrogen) atoms. The summed E-state index contributed by atoms with van der Waals surface area (Å²) in [6, 6.07) is 9.07. The van der Waals surface area contributed by atoms with Crippen molar-refractivity contribution in [1.82, 2.24) is 15.2 Å². The lowest BCUT2D eigenvalue weighted by Gasteiger charge is -2.16. The number of H-pyrrole nitrogens is 1. The first-order chi connectivity index (χ1) is 12.6. The molecule has 0 spiro atoms. The molecule has 132 valence electrons.